The van der Waals surface area contributed by atoms with Gasteiger partial charge in [-0.25, -0.2) is 9.67 Å². The lowest BCUT2D eigenvalue weighted by Crippen LogP contribution is -2.40. The third kappa shape index (κ3) is 3.92. The van der Waals surface area contributed by atoms with Gasteiger partial charge in [0, 0.05) is 38.4 Å². The third-order valence-corrected chi connectivity index (χ3v) is 6.26. The van der Waals surface area contributed by atoms with Gasteiger partial charge in [0.15, 0.2) is 0 Å². The van der Waals surface area contributed by atoms with Gasteiger partial charge in [0.1, 0.15) is 11.7 Å². The minimum Gasteiger partial charge on any atom is -0.391 e. The van der Waals surface area contributed by atoms with Crippen LogP contribution in [-0.4, -0.2) is 61.5 Å². The highest BCUT2D eigenvalue weighted by atomic mass is 16.3. The SMILES string of the molecule is N#Cc1ccc2ncc(CN3CCCC(n4ncc(N5CC[C@H](O)C5)cc4=O)C3)n2c1. The van der Waals surface area contributed by atoms with Crippen LogP contribution in [0.15, 0.2) is 41.6 Å². The Bertz CT molecular complexity index is 1190. The van der Waals surface area contributed by atoms with Crippen molar-refractivity contribution >= 4 is 11.3 Å². The topological polar surface area (TPSA) is 103 Å². The number of nitrogens with zero attached hydrogens (tertiary/aromatic N) is 7. The maximum Gasteiger partial charge on any atom is 0.269 e. The zero-order valence-electron chi connectivity index (χ0n) is 17.3. The van der Waals surface area contributed by atoms with E-state index in [1.807, 2.05) is 27.8 Å². The molecule has 0 aromatic carbocycles. The summed E-state index contributed by atoms with van der Waals surface area (Å²) in [4.78, 5) is 21.6. The number of likely N-dealkylation sites (tertiary alicyclic amines) is 1. The zero-order valence-corrected chi connectivity index (χ0v) is 17.3. The molecule has 9 nitrogen and oxygen atoms in total. The van der Waals surface area contributed by atoms with Gasteiger partial charge in [0.2, 0.25) is 0 Å². The molecule has 3 aromatic heterocycles. The number of hydrogen-bond acceptors (Lipinski definition) is 7. The van der Waals surface area contributed by atoms with Crippen LogP contribution in [0.3, 0.4) is 0 Å². The number of fused-ring (bicyclic) bond motifs is 1. The van der Waals surface area contributed by atoms with Crippen molar-refractivity contribution in [3.8, 4) is 6.07 Å². The highest BCUT2D eigenvalue weighted by Gasteiger charge is 2.25. The molecule has 0 spiro atoms. The molecule has 2 fully saturated rings. The van der Waals surface area contributed by atoms with Gasteiger partial charge in [-0.05, 0) is 37.9 Å². The molecule has 2 aliphatic heterocycles. The predicted molar refractivity (Wildman–Crippen MR) is 115 cm³/mol. The number of hydrogen-bond donors (Lipinski definition) is 1. The quantitative estimate of drug-likeness (QED) is 0.677. The molecule has 2 aliphatic rings. The third-order valence-electron chi connectivity index (χ3n) is 6.26. The molecule has 160 valence electrons. The van der Waals surface area contributed by atoms with E-state index < -0.39 is 0 Å². The normalized spacial score (nSPS) is 22.1. The summed E-state index contributed by atoms with van der Waals surface area (Å²) in [5, 5.41) is 23.4. The first-order valence-corrected chi connectivity index (χ1v) is 10.7. The molecular formula is C22H25N7O2. The molecule has 0 bridgehead atoms. The molecule has 0 saturated carbocycles. The highest BCUT2D eigenvalue weighted by molar-refractivity contribution is 5.45. The van der Waals surface area contributed by atoms with E-state index in [9.17, 15) is 15.2 Å². The fraction of sp³-hybridized carbons (Fsp3) is 0.455. The molecule has 31 heavy (non-hydrogen) atoms. The van der Waals surface area contributed by atoms with Crippen molar-refractivity contribution < 1.29 is 5.11 Å². The van der Waals surface area contributed by atoms with Crippen molar-refractivity contribution in [3.05, 3.63) is 58.4 Å². The van der Waals surface area contributed by atoms with Crippen LogP contribution >= 0.6 is 0 Å². The summed E-state index contributed by atoms with van der Waals surface area (Å²) in [6, 6.07) is 7.46. The van der Waals surface area contributed by atoms with E-state index in [4.69, 9.17) is 0 Å². The van der Waals surface area contributed by atoms with Gasteiger partial charge >= 0.3 is 0 Å². The van der Waals surface area contributed by atoms with Gasteiger partial charge in [-0.15, -0.1) is 0 Å². The van der Waals surface area contributed by atoms with Crippen molar-refractivity contribution in [2.45, 2.75) is 38.0 Å². The monoisotopic (exact) mass is 419 g/mol. The van der Waals surface area contributed by atoms with E-state index in [2.05, 4.69) is 21.1 Å². The summed E-state index contributed by atoms with van der Waals surface area (Å²) in [5.41, 5.74) is 3.13. The molecule has 1 unspecified atom stereocenters. The Labute approximate surface area is 179 Å². The summed E-state index contributed by atoms with van der Waals surface area (Å²) in [6.07, 6.45) is 7.70. The van der Waals surface area contributed by atoms with Crippen LogP contribution in [-0.2, 0) is 6.54 Å². The lowest BCUT2D eigenvalue weighted by atomic mass is 10.1. The number of rotatable bonds is 4. The maximum atomic E-state index is 12.8. The second-order valence-corrected chi connectivity index (χ2v) is 8.42. The molecule has 0 amide bonds. The molecule has 2 saturated heterocycles. The largest absolute Gasteiger partial charge is 0.391 e. The Morgan fingerprint density at radius 3 is 2.87 bits per heavy atom. The minimum atomic E-state index is -0.335. The average Bonchev–Trinajstić information content (AvgIpc) is 3.40. The van der Waals surface area contributed by atoms with Gasteiger partial charge in [-0.2, -0.15) is 10.4 Å². The number of aliphatic hydroxyl groups is 1. The van der Waals surface area contributed by atoms with Crippen LogP contribution in [0.25, 0.3) is 5.65 Å². The van der Waals surface area contributed by atoms with Crippen molar-refractivity contribution in [3.63, 3.8) is 0 Å². The van der Waals surface area contributed by atoms with E-state index in [1.54, 1.807) is 23.0 Å². The number of anilines is 1. The first kappa shape index (κ1) is 19.7. The highest BCUT2D eigenvalue weighted by Crippen LogP contribution is 2.23. The van der Waals surface area contributed by atoms with Crippen molar-refractivity contribution in [2.75, 3.05) is 31.1 Å². The summed E-state index contributed by atoms with van der Waals surface area (Å²) < 4.78 is 3.57. The van der Waals surface area contributed by atoms with Crippen LogP contribution < -0.4 is 10.5 Å². The first-order valence-electron chi connectivity index (χ1n) is 10.7. The summed E-state index contributed by atoms with van der Waals surface area (Å²) in [6.45, 7) is 3.68. The zero-order chi connectivity index (χ0) is 21.4. The molecular weight excluding hydrogens is 394 g/mol. The van der Waals surface area contributed by atoms with Crippen molar-refractivity contribution in [1.82, 2.24) is 24.1 Å². The Morgan fingerprint density at radius 2 is 2.10 bits per heavy atom. The van der Waals surface area contributed by atoms with Gasteiger partial charge in [-0.1, -0.05) is 0 Å². The number of aromatic nitrogens is 4. The van der Waals surface area contributed by atoms with E-state index in [1.165, 1.54) is 0 Å². The Kier molecular flexibility index (Phi) is 5.18. The van der Waals surface area contributed by atoms with Gasteiger partial charge < -0.3 is 14.4 Å². The summed E-state index contributed by atoms with van der Waals surface area (Å²) >= 11 is 0. The fourth-order valence-corrected chi connectivity index (χ4v) is 4.65. The van der Waals surface area contributed by atoms with Crippen molar-refractivity contribution in [1.29, 1.82) is 5.26 Å². The summed E-state index contributed by atoms with van der Waals surface area (Å²) in [7, 11) is 0. The molecule has 5 rings (SSSR count). The maximum absolute atomic E-state index is 12.8. The molecule has 3 aromatic rings. The standard InChI is InChI=1S/C22H25N7O2/c23-9-16-3-4-21-24-10-19(28(21)12-16)14-26-6-1-2-17(13-26)29-22(31)8-18(11-25-29)27-7-5-20(30)15-27/h3-4,8,10-12,17,20,30H,1-2,5-7,13-15H2/t17?,20-/m0/s1. The van der Waals surface area contributed by atoms with E-state index in [0.717, 1.165) is 55.9 Å². The summed E-state index contributed by atoms with van der Waals surface area (Å²) in [5.74, 6) is 0. The second kappa shape index (κ2) is 8.13. The predicted octanol–water partition coefficient (Wildman–Crippen LogP) is 1.17. The first-order chi connectivity index (χ1) is 15.1. The number of β-amino-alcohol motifs (C(OH)–C–C–N with tert-alkyl or cyclic N) is 1. The molecule has 5 heterocycles. The van der Waals surface area contributed by atoms with Crippen LogP contribution in [0.1, 0.15) is 36.6 Å². The average molecular weight is 419 g/mol. The Balaban J connectivity index is 1.32. The van der Waals surface area contributed by atoms with Crippen LogP contribution in [0.5, 0.6) is 0 Å². The van der Waals surface area contributed by atoms with Gasteiger partial charge in [0.05, 0.1) is 41.5 Å². The van der Waals surface area contributed by atoms with Crippen molar-refractivity contribution in [2.24, 2.45) is 0 Å². The molecule has 0 radical (unpaired) electrons. The van der Waals surface area contributed by atoms with Crippen LogP contribution in [0.2, 0.25) is 0 Å². The Morgan fingerprint density at radius 1 is 1.19 bits per heavy atom. The smallest absolute Gasteiger partial charge is 0.269 e. The van der Waals surface area contributed by atoms with E-state index in [-0.39, 0.29) is 17.7 Å². The number of pyridine rings is 1. The van der Waals surface area contributed by atoms with E-state index in [0.29, 0.717) is 18.7 Å². The second-order valence-electron chi connectivity index (χ2n) is 8.42. The lowest BCUT2D eigenvalue weighted by molar-refractivity contribution is 0.158. The fourth-order valence-electron chi connectivity index (χ4n) is 4.65. The minimum absolute atomic E-state index is 0.0216. The van der Waals surface area contributed by atoms with Crippen LogP contribution in [0, 0.1) is 11.3 Å². The number of nitriles is 1. The van der Waals surface area contributed by atoms with E-state index >= 15 is 0 Å². The Hall–Kier alpha value is -3.22. The molecule has 9 heteroatoms. The number of piperidine rings is 1. The number of imidazole rings is 1. The lowest BCUT2D eigenvalue weighted by Gasteiger charge is -2.33. The van der Waals surface area contributed by atoms with Crippen LogP contribution in [0.4, 0.5) is 5.69 Å². The molecule has 2 atom stereocenters. The van der Waals surface area contributed by atoms with Gasteiger partial charge in [-0.3, -0.25) is 9.69 Å². The molecule has 1 N–H and O–H groups in total. The van der Waals surface area contributed by atoms with Gasteiger partial charge in [0.25, 0.3) is 5.56 Å². The molecule has 0 aliphatic carbocycles. The number of aliphatic hydroxyl groups excluding tert-OH is 1.